The first-order chi connectivity index (χ1) is 15.4. The number of ether oxygens (including phenoxy) is 1. The molecular weight excluding hydrogens is 424 g/mol. The van der Waals surface area contributed by atoms with Gasteiger partial charge in [0.05, 0.1) is 6.54 Å². The van der Waals surface area contributed by atoms with E-state index in [4.69, 9.17) is 9.84 Å². The first-order valence-electron chi connectivity index (χ1n) is 10.8. The number of hydrogen-bond donors (Lipinski definition) is 4. The molecule has 0 radical (unpaired) electrons. The topological polar surface area (TPSA) is 125 Å². The van der Waals surface area contributed by atoms with E-state index in [1.165, 1.54) is 0 Å². The highest BCUT2D eigenvalue weighted by atomic mass is 16.5. The van der Waals surface area contributed by atoms with Gasteiger partial charge in [-0.25, -0.2) is 9.59 Å². The summed E-state index contributed by atoms with van der Waals surface area (Å²) in [4.78, 5) is 36.4. The summed E-state index contributed by atoms with van der Waals surface area (Å²) in [5, 5.41) is 23.9. The molecular formula is C25H30N2O6. The van der Waals surface area contributed by atoms with E-state index >= 15 is 0 Å². The SMILES string of the molecule is CC(O)(CNC(=O)C(NC(=O)OCC1c2ccccc2-c2ccccc21)C(C)(C)C)C(=O)O. The summed E-state index contributed by atoms with van der Waals surface area (Å²) < 4.78 is 5.53. The van der Waals surface area contributed by atoms with Gasteiger partial charge in [-0.3, -0.25) is 4.79 Å². The Bertz CT molecular complexity index is 1010. The maximum Gasteiger partial charge on any atom is 0.407 e. The number of aliphatic hydroxyl groups is 1. The van der Waals surface area contributed by atoms with Crippen LogP contribution < -0.4 is 10.6 Å². The highest BCUT2D eigenvalue weighted by Gasteiger charge is 2.37. The molecule has 0 aromatic heterocycles. The molecule has 2 amide bonds. The lowest BCUT2D eigenvalue weighted by molar-refractivity contribution is -0.156. The smallest absolute Gasteiger partial charge is 0.407 e. The normalized spacial score (nSPS) is 15.5. The van der Waals surface area contributed by atoms with Crippen LogP contribution >= 0.6 is 0 Å². The summed E-state index contributed by atoms with van der Waals surface area (Å²) in [5.41, 5.74) is 1.56. The molecule has 8 nitrogen and oxygen atoms in total. The van der Waals surface area contributed by atoms with Crippen molar-refractivity contribution in [1.29, 1.82) is 0 Å². The Kier molecular flexibility index (Phi) is 6.78. The van der Waals surface area contributed by atoms with E-state index in [0.29, 0.717) is 0 Å². The van der Waals surface area contributed by atoms with Crippen molar-refractivity contribution in [1.82, 2.24) is 10.6 Å². The van der Waals surface area contributed by atoms with Gasteiger partial charge in [0.25, 0.3) is 0 Å². The second-order valence-corrected chi connectivity index (χ2v) is 9.57. The van der Waals surface area contributed by atoms with Crippen molar-refractivity contribution in [2.45, 2.75) is 45.3 Å². The number of benzene rings is 2. The second-order valence-electron chi connectivity index (χ2n) is 9.57. The lowest BCUT2D eigenvalue weighted by atomic mass is 9.86. The van der Waals surface area contributed by atoms with Gasteiger partial charge in [0.2, 0.25) is 5.91 Å². The minimum atomic E-state index is -2.12. The molecule has 0 fully saturated rings. The zero-order valence-electron chi connectivity index (χ0n) is 19.2. The number of amides is 2. The Morgan fingerprint density at radius 2 is 1.48 bits per heavy atom. The number of carbonyl (C=O) groups is 3. The lowest BCUT2D eigenvalue weighted by Crippen LogP contribution is -2.56. The van der Waals surface area contributed by atoms with E-state index in [0.717, 1.165) is 29.2 Å². The van der Waals surface area contributed by atoms with Crippen molar-refractivity contribution < 1.29 is 29.3 Å². The van der Waals surface area contributed by atoms with Crippen molar-refractivity contribution in [3.8, 4) is 11.1 Å². The average Bonchev–Trinajstić information content (AvgIpc) is 3.07. The molecule has 33 heavy (non-hydrogen) atoms. The summed E-state index contributed by atoms with van der Waals surface area (Å²) in [7, 11) is 0. The third-order valence-corrected chi connectivity index (χ3v) is 5.80. The molecule has 2 aromatic rings. The Labute approximate surface area is 193 Å². The van der Waals surface area contributed by atoms with E-state index in [1.807, 2.05) is 48.5 Å². The van der Waals surface area contributed by atoms with Gasteiger partial charge in [0, 0.05) is 5.92 Å². The minimum Gasteiger partial charge on any atom is -0.479 e. The van der Waals surface area contributed by atoms with Crippen molar-refractivity contribution in [3.05, 3.63) is 59.7 Å². The Hall–Kier alpha value is -3.39. The molecule has 3 rings (SSSR count). The monoisotopic (exact) mass is 454 g/mol. The number of aliphatic carboxylic acids is 1. The molecule has 2 unspecified atom stereocenters. The predicted molar refractivity (Wildman–Crippen MR) is 123 cm³/mol. The molecule has 8 heteroatoms. The Balaban J connectivity index is 1.67. The van der Waals surface area contributed by atoms with Crippen LogP contribution in [-0.2, 0) is 14.3 Å². The number of nitrogens with one attached hydrogen (secondary N) is 2. The number of carboxylic acids is 1. The van der Waals surface area contributed by atoms with Crippen molar-refractivity contribution in [2.75, 3.05) is 13.2 Å². The quantitative estimate of drug-likeness (QED) is 0.510. The van der Waals surface area contributed by atoms with Gasteiger partial charge in [-0.1, -0.05) is 69.3 Å². The molecule has 0 saturated carbocycles. The first-order valence-corrected chi connectivity index (χ1v) is 10.8. The number of carbonyl (C=O) groups excluding carboxylic acids is 2. The third kappa shape index (κ3) is 5.34. The van der Waals surface area contributed by atoms with Crippen LogP contribution in [0.3, 0.4) is 0 Å². The van der Waals surface area contributed by atoms with Crippen molar-refractivity contribution in [3.63, 3.8) is 0 Å². The van der Waals surface area contributed by atoms with Crippen molar-refractivity contribution in [2.24, 2.45) is 5.41 Å². The molecule has 2 aromatic carbocycles. The molecule has 1 aliphatic rings. The molecule has 2 atom stereocenters. The molecule has 176 valence electrons. The van der Waals surface area contributed by atoms with Crippen LogP contribution in [0.5, 0.6) is 0 Å². The molecule has 0 spiro atoms. The minimum absolute atomic E-state index is 0.103. The maximum atomic E-state index is 12.7. The second kappa shape index (κ2) is 9.23. The number of fused-ring (bicyclic) bond motifs is 3. The van der Waals surface area contributed by atoms with Gasteiger partial charge in [-0.05, 0) is 34.6 Å². The summed E-state index contributed by atoms with van der Waals surface area (Å²) in [6, 6.07) is 15.0. The zero-order valence-corrected chi connectivity index (χ0v) is 19.2. The van der Waals surface area contributed by atoms with Crippen LogP contribution in [0.1, 0.15) is 44.7 Å². The summed E-state index contributed by atoms with van der Waals surface area (Å²) in [5.74, 6) is -2.19. The van der Waals surface area contributed by atoms with Crippen LogP contribution in [0.25, 0.3) is 11.1 Å². The van der Waals surface area contributed by atoms with E-state index in [-0.39, 0.29) is 12.5 Å². The van der Waals surface area contributed by atoms with Crippen molar-refractivity contribution >= 4 is 18.0 Å². The first kappa shape index (κ1) is 24.3. The molecule has 0 saturated heterocycles. The number of alkyl carbamates (subject to hydrolysis) is 1. The van der Waals surface area contributed by atoms with Gasteiger partial charge in [0.1, 0.15) is 12.6 Å². The zero-order chi connectivity index (χ0) is 24.4. The van der Waals surface area contributed by atoms with E-state index in [1.54, 1.807) is 20.8 Å². The van der Waals surface area contributed by atoms with E-state index in [9.17, 15) is 19.5 Å². The fraction of sp³-hybridized carbons (Fsp3) is 0.400. The fourth-order valence-electron chi connectivity index (χ4n) is 3.87. The van der Waals surface area contributed by atoms with Gasteiger partial charge >= 0.3 is 12.1 Å². The number of carboxylic acid groups (broad SMARTS) is 1. The summed E-state index contributed by atoms with van der Waals surface area (Å²) >= 11 is 0. The predicted octanol–water partition coefficient (Wildman–Crippen LogP) is 2.89. The molecule has 0 heterocycles. The molecule has 4 N–H and O–H groups in total. The van der Waals surface area contributed by atoms with Gasteiger partial charge in [-0.15, -0.1) is 0 Å². The Morgan fingerprint density at radius 1 is 0.970 bits per heavy atom. The summed E-state index contributed by atoms with van der Waals surface area (Å²) in [6.45, 7) is 5.97. The highest BCUT2D eigenvalue weighted by molar-refractivity contribution is 5.87. The van der Waals surface area contributed by atoms with E-state index in [2.05, 4.69) is 10.6 Å². The highest BCUT2D eigenvalue weighted by Crippen LogP contribution is 2.44. The lowest BCUT2D eigenvalue weighted by Gasteiger charge is -2.31. The molecule has 1 aliphatic carbocycles. The molecule has 0 bridgehead atoms. The average molecular weight is 455 g/mol. The van der Waals surface area contributed by atoms with Crippen LogP contribution in [0.15, 0.2) is 48.5 Å². The van der Waals surface area contributed by atoms with Crippen LogP contribution in [0.2, 0.25) is 0 Å². The Morgan fingerprint density at radius 3 is 1.97 bits per heavy atom. The summed E-state index contributed by atoms with van der Waals surface area (Å²) in [6.07, 6.45) is -0.753. The largest absolute Gasteiger partial charge is 0.479 e. The van der Waals surface area contributed by atoms with Crippen LogP contribution in [-0.4, -0.2) is 53.0 Å². The number of hydrogen-bond acceptors (Lipinski definition) is 5. The third-order valence-electron chi connectivity index (χ3n) is 5.80. The van der Waals surface area contributed by atoms with Gasteiger partial charge < -0.3 is 25.6 Å². The standard InChI is InChI=1S/C25H30N2O6/c1-24(2,3)20(21(28)26-14-25(4,32)22(29)30)27-23(31)33-13-19-17-11-7-5-9-15(17)16-10-6-8-12-18(16)19/h5-12,19-20,32H,13-14H2,1-4H3,(H,26,28)(H,27,31)(H,29,30). The van der Waals surface area contributed by atoms with Crippen LogP contribution in [0, 0.1) is 5.41 Å². The van der Waals surface area contributed by atoms with Gasteiger partial charge in [0.15, 0.2) is 5.60 Å². The molecule has 0 aliphatic heterocycles. The van der Waals surface area contributed by atoms with Gasteiger partial charge in [-0.2, -0.15) is 0 Å². The number of rotatable bonds is 7. The van der Waals surface area contributed by atoms with E-state index < -0.39 is 41.6 Å². The fourth-order valence-corrected chi connectivity index (χ4v) is 3.87. The maximum absolute atomic E-state index is 12.7. The van der Waals surface area contributed by atoms with Crippen LogP contribution in [0.4, 0.5) is 4.79 Å².